The first kappa shape index (κ1) is 21.6. The smallest absolute Gasteiger partial charge is 0.296 e. The second-order valence-electron chi connectivity index (χ2n) is 7.69. The van der Waals surface area contributed by atoms with Gasteiger partial charge in [0.1, 0.15) is 5.75 Å². The summed E-state index contributed by atoms with van der Waals surface area (Å²) in [6, 6.07) is 23.2. The van der Waals surface area contributed by atoms with Crippen LogP contribution in [0.4, 0.5) is 5.13 Å². The van der Waals surface area contributed by atoms with Crippen molar-refractivity contribution in [1.82, 2.24) is 4.98 Å². The van der Waals surface area contributed by atoms with Crippen molar-refractivity contribution in [3.63, 3.8) is 0 Å². The minimum absolute atomic E-state index is 0.0280. The third-order valence-electron chi connectivity index (χ3n) is 5.61. The molecular weight excluding hydrogens is 448 g/mol. The average molecular weight is 469 g/mol. The van der Waals surface area contributed by atoms with Gasteiger partial charge in [-0.05, 0) is 35.4 Å². The number of amides is 1. The van der Waals surface area contributed by atoms with Crippen LogP contribution in [-0.4, -0.2) is 28.9 Å². The second-order valence-corrected chi connectivity index (χ2v) is 8.70. The number of allylic oxidation sites excluding steroid dienone is 1. The number of aromatic nitrogens is 1. The summed E-state index contributed by atoms with van der Waals surface area (Å²) in [6.45, 7) is 0. The molecule has 1 aliphatic rings. The summed E-state index contributed by atoms with van der Waals surface area (Å²) < 4.78 is 6.13. The molecule has 34 heavy (non-hydrogen) atoms. The molecule has 6 nitrogen and oxygen atoms in total. The van der Waals surface area contributed by atoms with E-state index in [0.717, 1.165) is 10.3 Å². The van der Waals surface area contributed by atoms with E-state index in [4.69, 9.17) is 4.74 Å². The van der Waals surface area contributed by atoms with Crippen molar-refractivity contribution in [2.75, 3.05) is 12.0 Å². The van der Waals surface area contributed by atoms with E-state index in [-0.39, 0.29) is 5.57 Å². The molecule has 1 aliphatic heterocycles. The van der Waals surface area contributed by atoms with Crippen LogP contribution < -0.4 is 9.64 Å². The molecule has 1 amide bonds. The molecule has 3 aromatic carbocycles. The van der Waals surface area contributed by atoms with E-state index in [2.05, 4.69) is 4.98 Å². The van der Waals surface area contributed by atoms with E-state index >= 15 is 0 Å². The molecule has 0 saturated carbocycles. The minimum atomic E-state index is -0.802. The Hall–Kier alpha value is -4.23. The summed E-state index contributed by atoms with van der Waals surface area (Å²) in [7, 11) is 1.58. The summed E-state index contributed by atoms with van der Waals surface area (Å²) >= 11 is 1.30. The zero-order valence-electron chi connectivity index (χ0n) is 18.2. The number of methoxy groups -OCH3 is 1. The van der Waals surface area contributed by atoms with Crippen LogP contribution in [0.15, 0.2) is 96.3 Å². The molecular formula is C27H20N2O4S. The number of rotatable bonds is 6. The average Bonchev–Trinajstić information content (AvgIpc) is 3.41. The first-order valence-electron chi connectivity index (χ1n) is 10.6. The van der Waals surface area contributed by atoms with E-state index in [1.807, 2.05) is 72.8 Å². The molecule has 1 N–H and O–H groups in total. The van der Waals surface area contributed by atoms with Gasteiger partial charge in [-0.15, -0.1) is 0 Å². The molecule has 4 aromatic rings. The van der Waals surface area contributed by atoms with Crippen LogP contribution in [0.25, 0.3) is 16.3 Å². The number of ketones is 1. The number of aliphatic hydroxyl groups is 1. The Labute approximate surface area is 200 Å². The van der Waals surface area contributed by atoms with Crippen LogP contribution in [-0.2, 0) is 9.59 Å². The number of aliphatic hydroxyl groups excluding tert-OH is 1. The fourth-order valence-corrected chi connectivity index (χ4v) is 4.97. The SMILES string of the molecule is COc1ccc2nc(N3C(=O)C(O)=C(C(=O)/C=C/c4ccccc4)C3c3ccccc3)sc2c1. The first-order chi connectivity index (χ1) is 16.6. The maximum absolute atomic E-state index is 13.3. The molecule has 1 atom stereocenters. The van der Waals surface area contributed by atoms with E-state index in [1.54, 1.807) is 19.3 Å². The Morgan fingerprint density at radius 1 is 1.06 bits per heavy atom. The standard InChI is InChI=1S/C27H20N2O4S/c1-33-19-13-14-20-22(16-19)34-27(28-20)29-24(18-10-6-3-7-11-18)23(25(31)26(29)32)21(30)15-12-17-8-4-2-5-9-17/h2-16,24,31H,1H3/b15-12+. The van der Waals surface area contributed by atoms with Crippen LogP contribution in [0.3, 0.4) is 0 Å². The van der Waals surface area contributed by atoms with Crippen molar-refractivity contribution in [1.29, 1.82) is 0 Å². The van der Waals surface area contributed by atoms with Crippen LogP contribution in [0, 0.1) is 0 Å². The van der Waals surface area contributed by atoms with Gasteiger partial charge in [-0.25, -0.2) is 4.98 Å². The molecule has 5 rings (SSSR count). The third-order valence-corrected chi connectivity index (χ3v) is 6.62. The largest absolute Gasteiger partial charge is 0.503 e. The number of benzene rings is 3. The maximum atomic E-state index is 13.3. The number of thiazole rings is 1. The first-order valence-corrected chi connectivity index (χ1v) is 11.4. The van der Waals surface area contributed by atoms with E-state index < -0.39 is 23.5 Å². The zero-order valence-corrected chi connectivity index (χ0v) is 19.0. The third kappa shape index (κ3) is 3.86. The van der Waals surface area contributed by atoms with Gasteiger partial charge < -0.3 is 9.84 Å². The molecule has 1 unspecified atom stereocenters. The molecule has 0 saturated heterocycles. The molecule has 0 spiro atoms. The number of nitrogens with zero attached hydrogens (tertiary/aromatic N) is 2. The predicted molar refractivity (Wildman–Crippen MR) is 133 cm³/mol. The fraction of sp³-hybridized carbons (Fsp3) is 0.0741. The van der Waals surface area contributed by atoms with Gasteiger partial charge in [0.25, 0.3) is 5.91 Å². The molecule has 0 fully saturated rings. The van der Waals surface area contributed by atoms with E-state index in [9.17, 15) is 14.7 Å². The topological polar surface area (TPSA) is 79.7 Å². The van der Waals surface area contributed by atoms with Gasteiger partial charge >= 0.3 is 0 Å². The van der Waals surface area contributed by atoms with Crippen LogP contribution in [0.2, 0.25) is 0 Å². The highest BCUT2D eigenvalue weighted by Crippen LogP contribution is 2.43. The van der Waals surface area contributed by atoms with Gasteiger partial charge in [-0.2, -0.15) is 0 Å². The predicted octanol–water partition coefficient (Wildman–Crippen LogP) is 5.49. The Morgan fingerprint density at radius 3 is 2.47 bits per heavy atom. The van der Waals surface area contributed by atoms with E-state index in [0.29, 0.717) is 22.0 Å². The Kier molecular flexibility index (Phi) is 5.69. The summed E-state index contributed by atoms with van der Waals surface area (Å²) in [5.74, 6) is -0.975. The Morgan fingerprint density at radius 2 is 1.76 bits per heavy atom. The monoisotopic (exact) mass is 468 g/mol. The zero-order chi connectivity index (χ0) is 23.7. The quantitative estimate of drug-likeness (QED) is 0.379. The maximum Gasteiger partial charge on any atom is 0.296 e. The second kappa shape index (κ2) is 8.96. The van der Waals surface area contributed by atoms with Gasteiger partial charge in [-0.1, -0.05) is 78.1 Å². The molecule has 168 valence electrons. The van der Waals surface area contributed by atoms with Gasteiger partial charge in [-0.3, -0.25) is 14.5 Å². The van der Waals surface area contributed by atoms with Gasteiger partial charge in [0.15, 0.2) is 16.7 Å². The number of anilines is 1. The number of carbonyl (C=O) groups excluding carboxylic acids is 2. The lowest BCUT2D eigenvalue weighted by molar-refractivity contribution is -0.117. The van der Waals surface area contributed by atoms with Crippen molar-refractivity contribution in [2.24, 2.45) is 0 Å². The van der Waals surface area contributed by atoms with Crippen LogP contribution >= 0.6 is 11.3 Å². The van der Waals surface area contributed by atoms with Crippen molar-refractivity contribution in [3.05, 3.63) is 107 Å². The normalized spacial score (nSPS) is 16.1. The summed E-state index contributed by atoms with van der Waals surface area (Å²) in [5.41, 5.74) is 2.27. The molecule has 1 aromatic heterocycles. The number of fused-ring (bicyclic) bond motifs is 1. The van der Waals surface area contributed by atoms with Crippen molar-refractivity contribution >= 4 is 44.5 Å². The molecule has 7 heteroatoms. The molecule has 0 radical (unpaired) electrons. The van der Waals surface area contributed by atoms with Crippen molar-refractivity contribution < 1.29 is 19.4 Å². The lowest BCUT2D eigenvalue weighted by atomic mass is 9.96. The Bertz CT molecular complexity index is 1440. The summed E-state index contributed by atoms with van der Waals surface area (Å²) in [6.07, 6.45) is 3.05. The number of hydrogen-bond acceptors (Lipinski definition) is 6. The lowest BCUT2D eigenvalue weighted by Gasteiger charge is -2.24. The number of hydrogen-bond donors (Lipinski definition) is 1. The van der Waals surface area contributed by atoms with Crippen LogP contribution in [0.1, 0.15) is 17.2 Å². The van der Waals surface area contributed by atoms with Crippen molar-refractivity contribution in [3.8, 4) is 5.75 Å². The van der Waals surface area contributed by atoms with Gasteiger partial charge in [0.2, 0.25) is 0 Å². The lowest BCUT2D eigenvalue weighted by Crippen LogP contribution is -2.30. The van der Waals surface area contributed by atoms with Gasteiger partial charge in [0.05, 0.1) is 28.9 Å². The number of ether oxygens (including phenoxy) is 1. The fourth-order valence-electron chi connectivity index (χ4n) is 3.95. The van der Waals surface area contributed by atoms with Crippen molar-refractivity contribution in [2.45, 2.75) is 6.04 Å². The highest BCUT2D eigenvalue weighted by molar-refractivity contribution is 7.22. The highest BCUT2D eigenvalue weighted by Gasteiger charge is 2.45. The summed E-state index contributed by atoms with van der Waals surface area (Å²) in [5, 5.41) is 11.2. The minimum Gasteiger partial charge on any atom is -0.503 e. The van der Waals surface area contributed by atoms with Crippen LogP contribution in [0.5, 0.6) is 5.75 Å². The van der Waals surface area contributed by atoms with Gasteiger partial charge in [0, 0.05) is 0 Å². The molecule has 0 bridgehead atoms. The number of carbonyl (C=O) groups is 2. The Balaban J connectivity index is 1.59. The van der Waals surface area contributed by atoms with E-state index in [1.165, 1.54) is 22.3 Å². The molecule has 0 aliphatic carbocycles. The highest BCUT2D eigenvalue weighted by atomic mass is 32.1. The molecule has 2 heterocycles. The summed E-state index contributed by atoms with van der Waals surface area (Å²) in [4.78, 5) is 32.5.